The second kappa shape index (κ2) is 8.90. The molecule has 188 valence electrons. The molecular formula is C32H38N2O2. The van der Waals surface area contributed by atoms with Crippen molar-refractivity contribution >= 4 is 11.8 Å². The zero-order valence-electron chi connectivity index (χ0n) is 21.5. The van der Waals surface area contributed by atoms with Gasteiger partial charge in [-0.05, 0) is 78.9 Å². The van der Waals surface area contributed by atoms with Gasteiger partial charge >= 0.3 is 0 Å². The first-order valence-corrected chi connectivity index (χ1v) is 13.8. The van der Waals surface area contributed by atoms with Crippen LogP contribution in [-0.4, -0.2) is 17.9 Å². The molecular weight excluding hydrogens is 444 g/mol. The van der Waals surface area contributed by atoms with E-state index in [1.165, 1.54) is 0 Å². The van der Waals surface area contributed by atoms with Crippen molar-refractivity contribution in [3.8, 4) is 0 Å². The molecule has 6 rings (SSSR count). The van der Waals surface area contributed by atoms with Crippen molar-refractivity contribution in [3.05, 3.63) is 83.9 Å². The molecule has 2 N–H and O–H groups in total. The van der Waals surface area contributed by atoms with E-state index in [4.69, 9.17) is 0 Å². The average Bonchev–Trinajstić information content (AvgIpc) is 3.26. The number of hydrogen-bond donors (Lipinski definition) is 2. The SMILES string of the molecule is C[C@]12C=CC(=O)N[C@@H]1CC[C@@H]1[C@@H]2CC[C@]2(C)[C@@H](C(=O)NC(c3ccccc3)c3ccccc3)CC[C@@H]12. The van der Waals surface area contributed by atoms with E-state index in [-0.39, 0.29) is 40.6 Å². The van der Waals surface area contributed by atoms with Gasteiger partial charge in [-0.15, -0.1) is 0 Å². The number of carbonyl (C=O) groups is 2. The second-order valence-electron chi connectivity index (χ2n) is 12.2. The van der Waals surface area contributed by atoms with Crippen LogP contribution in [0.3, 0.4) is 0 Å². The summed E-state index contributed by atoms with van der Waals surface area (Å²) >= 11 is 0. The van der Waals surface area contributed by atoms with Gasteiger partial charge in [0.2, 0.25) is 11.8 Å². The molecule has 3 fully saturated rings. The van der Waals surface area contributed by atoms with Crippen LogP contribution in [0.15, 0.2) is 72.8 Å². The number of hydrogen-bond acceptors (Lipinski definition) is 2. The summed E-state index contributed by atoms with van der Waals surface area (Å²) in [6, 6.07) is 20.8. The summed E-state index contributed by atoms with van der Waals surface area (Å²) in [5.41, 5.74) is 2.31. The van der Waals surface area contributed by atoms with Gasteiger partial charge in [0.25, 0.3) is 0 Å². The van der Waals surface area contributed by atoms with Crippen molar-refractivity contribution in [2.75, 3.05) is 0 Å². The summed E-state index contributed by atoms with van der Waals surface area (Å²) in [4.78, 5) is 26.0. The van der Waals surface area contributed by atoms with E-state index < -0.39 is 0 Å². The number of nitrogens with one attached hydrogen (secondary N) is 2. The van der Waals surface area contributed by atoms with Crippen molar-refractivity contribution in [3.63, 3.8) is 0 Å². The summed E-state index contributed by atoms with van der Waals surface area (Å²) in [5, 5.41) is 6.73. The van der Waals surface area contributed by atoms with E-state index in [1.807, 2.05) is 36.4 Å². The second-order valence-corrected chi connectivity index (χ2v) is 12.2. The lowest BCUT2D eigenvalue weighted by molar-refractivity contribution is -0.134. The van der Waals surface area contributed by atoms with Crippen molar-refractivity contribution in [1.29, 1.82) is 0 Å². The lowest BCUT2D eigenvalue weighted by Crippen LogP contribution is -2.59. The van der Waals surface area contributed by atoms with Crippen LogP contribution in [0.4, 0.5) is 0 Å². The third kappa shape index (κ3) is 3.72. The van der Waals surface area contributed by atoms with Crippen molar-refractivity contribution in [2.45, 2.75) is 64.5 Å². The molecule has 1 heterocycles. The van der Waals surface area contributed by atoms with Crippen molar-refractivity contribution < 1.29 is 9.59 Å². The van der Waals surface area contributed by atoms with E-state index in [0.29, 0.717) is 17.8 Å². The van der Waals surface area contributed by atoms with Gasteiger partial charge in [0.15, 0.2) is 0 Å². The third-order valence-corrected chi connectivity index (χ3v) is 10.6. The Morgan fingerprint density at radius 2 is 1.56 bits per heavy atom. The molecule has 4 aliphatic rings. The normalized spacial score (nSPS) is 37.0. The molecule has 2 amide bonds. The molecule has 0 saturated heterocycles. The van der Waals surface area contributed by atoms with Gasteiger partial charge in [-0.25, -0.2) is 0 Å². The van der Waals surface area contributed by atoms with Crippen LogP contribution in [0, 0.1) is 34.5 Å². The lowest BCUT2D eigenvalue weighted by Gasteiger charge is -2.58. The Balaban J connectivity index is 1.24. The fourth-order valence-electron chi connectivity index (χ4n) is 8.66. The van der Waals surface area contributed by atoms with Crippen LogP contribution in [-0.2, 0) is 9.59 Å². The molecule has 0 unspecified atom stereocenters. The summed E-state index contributed by atoms with van der Waals surface area (Å²) in [6.45, 7) is 4.76. The zero-order chi connectivity index (χ0) is 24.9. The minimum atomic E-state index is -0.135. The quantitative estimate of drug-likeness (QED) is 0.578. The number of carbonyl (C=O) groups excluding carboxylic acids is 2. The first kappa shape index (κ1) is 23.5. The first-order chi connectivity index (χ1) is 17.4. The molecule has 4 heteroatoms. The van der Waals surface area contributed by atoms with E-state index in [1.54, 1.807) is 6.08 Å². The molecule has 0 spiro atoms. The zero-order valence-corrected chi connectivity index (χ0v) is 21.5. The van der Waals surface area contributed by atoms with Gasteiger partial charge < -0.3 is 10.6 Å². The largest absolute Gasteiger partial charge is 0.349 e. The maximum atomic E-state index is 14.0. The maximum absolute atomic E-state index is 14.0. The highest BCUT2D eigenvalue weighted by molar-refractivity contribution is 5.89. The molecule has 1 aliphatic heterocycles. The third-order valence-electron chi connectivity index (χ3n) is 10.6. The Labute approximate surface area is 214 Å². The van der Waals surface area contributed by atoms with Gasteiger partial charge in [0, 0.05) is 17.4 Å². The summed E-state index contributed by atoms with van der Waals surface area (Å²) in [6.07, 6.45) is 10.5. The minimum Gasteiger partial charge on any atom is -0.349 e. The minimum absolute atomic E-state index is 0.0320. The van der Waals surface area contributed by atoms with E-state index in [9.17, 15) is 9.59 Å². The topological polar surface area (TPSA) is 58.2 Å². The molecule has 2 aromatic rings. The number of amides is 2. The van der Waals surface area contributed by atoms with Gasteiger partial charge in [-0.1, -0.05) is 80.6 Å². The van der Waals surface area contributed by atoms with Crippen molar-refractivity contribution in [2.24, 2.45) is 34.5 Å². The number of benzene rings is 2. The Morgan fingerprint density at radius 3 is 2.22 bits per heavy atom. The van der Waals surface area contributed by atoms with Gasteiger partial charge in [0.05, 0.1) is 6.04 Å². The number of rotatable bonds is 4. The summed E-state index contributed by atoms with van der Waals surface area (Å²) in [7, 11) is 0. The van der Waals surface area contributed by atoms with Crippen LogP contribution in [0.25, 0.3) is 0 Å². The average molecular weight is 483 g/mol. The molecule has 2 aromatic carbocycles. The molecule has 3 aliphatic carbocycles. The molecule has 3 saturated carbocycles. The molecule has 0 bridgehead atoms. The van der Waals surface area contributed by atoms with E-state index >= 15 is 0 Å². The molecule has 36 heavy (non-hydrogen) atoms. The van der Waals surface area contributed by atoms with Crippen LogP contribution in [0.1, 0.15) is 69.5 Å². The summed E-state index contributed by atoms with van der Waals surface area (Å²) < 4.78 is 0. The van der Waals surface area contributed by atoms with Crippen LogP contribution < -0.4 is 10.6 Å². The summed E-state index contributed by atoms with van der Waals surface area (Å²) in [5.74, 6) is 2.09. The molecule has 0 aromatic heterocycles. The standard InChI is InChI=1S/C32H38N2O2/c1-31-19-17-25-23(13-16-27-32(25,2)20-18-28(35)33-27)24(31)14-15-26(31)30(36)34-29(21-9-5-3-6-10-21)22-11-7-4-8-12-22/h3-12,18,20,23-27,29H,13-17,19H2,1-2H3,(H,33,35)(H,34,36)/t23-,24-,25-,26+,27+,31-,32+/m0/s1. The van der Waals surface area contributed by atoms with Crippen molar-refractivity contribution in [1.82, 2.24) is 10.6 Å². The fraction of sp³-hybridized carbons (Fsp3) is 0.500. The smallest absolute Gasteiger partial charge is 0.243 e. The Bertz CT molecular complexity index is 1120. The van der Waals surface area contributed by atoms with Gasteiger partial charge in [-0.2, -0.15) is 0 Å². The Kier molecular flexibility index (Phi) is 5.81. The Hall–Kier alpha value is -2.88. The first-order valence-electron chi connectivity index (χ1n) is 13.8. The monoisotopic (exact) mass is 482 g/mol. The van der Waals surface area contributed by atoms with Crippen LogP contribution in [0.2, 0.25) is 0 Å². The van der Waals surface area contributed by atoms with E-state index in [0.717, 1.165) is 49.7 Å². The highest BCUT2D eigenvalue weighted by atomic mass is 16.2. The van der Waals surface area contributed by atoms with Crippen LogP contribution >= 0.6 is 0 Å². The highest BCUT2D eigenvalue weighted by Crippen LogP contribution is 2.65. The van der Waals surface area contributed by atoms with Gasteiger partial charge in [-0.3, -0.25) is 9.59 Å². The molecule has 7 atom stereocenters. The van der Waals surface area contributed by atoms with Gasteiger partial charge in [0.1, 0.15) is 0 Å². The predicted octanol–water partition coefficient (Wildman–Crippen LogP) is 5.81. The fourth-order valence-corrected chi connectivity index (χ4v) is 8.66. The van der Waals surface area contributed by atoms with E-state index in [2.05, 4.69) is 54.8 Å². The molecule has 4 nitrogen and oxygen atoms in total. The maximum Gasteiger partial charge on any atom is 0.243 e. The lowest BCUT2D eigenvalue weighted by atomic mass is 9.48. The highest BCUT2D eigenvalue weighted by Gasteiger charge is 2.60. The Morgan fingerprint density at radius 1 is 0.889 bits per heavy atom. The van der Waals surface area contributed by atoms with Crippen LogP contribution in [0.5, 0.6) is 0 Å². The molecule has 0 radical (unpaired) electrons. The predicted molar refractivity (Wildman–Crippen MR) is 142 cm³/mol. The number of fused-ring (bicyclic) bond motifs is 5.